The van der Waals surface area contributed by atoms with Crippen LogP contribution >= 0.6 is 0 Å². The average molecular weight is 444 g/mol. The molecule has 2 aromatic carbocycles. The maximum Gasteiger partial charge on any atom is 0.242 e. The molecule has 2 N–H and O–H groups in total. The third kappa shape index (κ3) is 6.08. The zero-order chi connectivity index (χ0) is 22.6. The Morgan fingerprint density at radius 2 is 1.68 bits per heavy atom. The van der Waals surface area contributed by atoms with Crippen LogP contribution in [0.5, 0.6) is 0 Å². The Kier molecular flexibility index (Phi) is 7.38. The molecule has 1 fully saturated rings. The number of hydrogen-bond acceptors (Lipinski definition) is 4. The summed E-state index contributed by atoms with van der Waals surface area (Å²) in [5, 5.41) is 2.93. The second-order valence-corrected chi connectivity index (χ2v) is 10.5. The average Bonchev–Trinajstić information content (AvgIpc) is 3.23. The first-order valence-electron chi connectivity index (χ1n) is 10.9. The zero-order valence-corrected chi connectivity index (χ0v) is 19.6. The minimum absolute atomic E-state index is 0.148. The lowest BCUT2D eigenvalue weighted by molar-refractivity contribution is -0.118. The molecule has 1 atom stereocenters. The summed E-state index contributed by atoms with van der Waals surface area (Å²) in [6, 6.07) is 11.8. The summed E-state index contributed by atoms with van der Waals surface area (Å²) >= 11 is 0. The minimum Gasteiger partial charge on any atom is -0.372 e. The summed E-state index contributed by atoms with van der Waals surface area (Å²) in [5.74, 6) is -0.198. The van der Waals surface area contributed by atoms with E-state index >= 15 is 0 Å². The van der Waals surface area contributed by atoms with Crippen LogP contribution in [0, 0.1) is 19.8 Å². The van der Waals surface area contributed by atoms with Gasteiger partial charge in [-0.1, -0.05) is 31.5 Å². The van der Waals surface area contributed by atoms with Crippen molar-refractivity contribution in [1.29, 1.82) is 0 Å². The van der Waals surface area contributed by atoms with Crippen LogP contribution in [0.2, 0.25) is 0 Å². The molecule has 168 valence electrons. The largest absolute Gasteiger partial charge is 0.372 e. The molecule has 1 heterocycles. The van der Waals surface area contributed by atoms with Crippen LogP contribution in [0.4, 0.5) is 11.4 Å². The second kappa shape index (κ2) is 9.83. The molecular weight excluding hydrogens is 410 g/mol. The fraction of sp³-hybridized carbons (Fsp3) is 0.458. The Labute approximate surface area is 186 Å². The highest BCUT2D eigenvalue weighted by atomic mass is 32.2. The van der Waals surface area contributed by atoms with Crippen LogP contribution in [-0.4, -0.2) is 33.5 Å². The fourth-order valence-corrected chi connectivity index (χ4v) is 5.04. The summed E-state index contributed by atoms with van der Waals surface area (Å²) in [6.45, 7) is 9.91. The summed E-state index contributed by atoms with van der Waals surface area (Å²) in [5.41, 5.74) is 3.80. The molecule has 7 heteroatoms. The number of sulfonamides is 1. The molecule has 6 nitrogen and oxygen atoms in total. The first kappa shape index (κ1) is 23.3. The van der Waals surface area contributed by atoms with Crippen molar-refractivity contribution in [3.63, 3.8) is 0 Å². The van der Waals surface area contributed by atoms with Crippen molar-refractivity contribution in [2.24, 2.45) is 5.92 Å². The lowest BCUT2D eigenvalue weighted by Gasteiger charge is -2.22. The molecule has 3 rings (SSSR count). The van der Waals surface area contributed by atoms with Crippen molar-refractivity contribution in [3.8, 4) is 0 Å². The number of rotatable bonds is 8. The topological polar surface area (TPSA) is 78.5 Å². The van der Waals surface area contributed by atoms with Gasteiger partial charge in [-0.2, -0.15) is 4.72 Å². The number of carbonyl (C=O) groups is 1. The van der Waals surface area contributed by atoms with Crippen molar-refractivity contribution in [3.05, 3.63) is 53.6 Å². The van der Waals surface area contributed by atoms with E-state index in [1.165, 1.54) is 12.8 Å². The third-order valence-corrected chi connectivity index (χ3v) is 7.08. The molecule has 0 aromatic heterocycles. The summed E-state index contributed by atoms with van der Waals surface area (Å²) in [7, 11) is -3.80. The third-order valence-electron chi connectivity index (χ3n) is 5.59. The number of anilines is 2. The molecule has 1 amide bonds. The Bertz CT molecular complexity index is 1010. The SMILES string of the molecule is Cc1ccc(S(=O)(=O)N[C@@H](CC(C)C)C(=O)Nc2ccc(N3CCCC3)cc2C)cc1. The van der Waals surface area contributed by atoms with Crippen LogP contribution in [-0.2, 0) is 14.8 Å². The predicted octanol–water partition coefficient (Wildman–Crippen LogP) is 4.24. The highest BCUT2D eigenvalue weighted by Crippen LogP contribution is 2.26. The van der Waals surface area contributed by atoms with E-state index < -0.39 is 16.1 Å². The molecule has 0 unspecified atom stereocenters. The van der Waals surface area contributed by atoms with E-state index in [1.807, 2.05) is 39.8 Å². The van der Waals surface area contributed by atoms with Gasteiger partial charge in [-0.25, -0.2) is 8.42 Å². The normalized spacial score (nSPS) is 15.3. The standard InChI is InChI=1S/C24H33N3O3S/c1-17(2)15-23(26-31(29,30)21-10-7-18(3)8-11-21)24(28)25-22-12-9-20(16-19(22)4)27-13-5-6-14-27/h7-12,16-17,23,26H,5-6,13-15H2,1-4H3,(H,25,28)/t23-/m0/s1. The van der Waals surface area contributed by atoms with Gasteiger partial charge in [-0.05, 0) is 74.9 Å². The predicted molar refractivity (Wildman–Crippen MR) is 126 cm³/mol. The van der Waals surface area contributed by atoms with Gasteiger partial charge in [0.15, 0.2) is 0 Å². The lowest BCUT2D eigenvalue weighted by Crippen LogP contribution is -2.44. The molecular formula is C24H33N3O3S. The number of benzene rings is 2. The number of nitrogens with one attached hydrogen (secondary N) is 2. The Morgan fingerprint density at radius 3 is 2.26 bits per heavy atom. The Hall–Kier alpha value is -2.38. The van der Waals surface area contributed by atoms with Gasteiger partial charge in [0.25, 0.3) is 0 Å². The molecule has 31 heavy (non-hydrogen) atoms. The maximum absolute atomic E-state index is 13.1. The van der Waals surface area contributed by atoms with Gasteiger partial charge in [0.1, 0.15) is 6.04 Å². The van der Waals surface area contributed by atoms with E-state index in [0.717, 1.165) is 29.9 Å². The smallest absolute Gasteiger partial charge is 0.242 e. The maximum atomic E-state index is 13.1. The van der Waals surface area contributed by atoms with Crippen LogP contribution < -0.4 is 14.9 Å². The van der Waals surface area contributed by atoms with Crippen molar-refractivity contribution >= 4 is 27.3 Å². The number of aryl methyl sites for hydroxylation is 2. The van der Waals surface area contributed by atoms with Gasteiger partial charge >= 0.3 is 0 Å². The van der Waals surface area contributed by atoms with E-state index in [0.29, 0.717) is 12.1 Å². The molecule has 1 saturated heterocycles. The summed E-state index contributed by atoms with van der Waals surface area (Å²) < 4.78 is 28.3. The molecule has 2 aromatic rings. The monoisotopic (exact) mass is 443 g/mol. The van der Waals surface area contributed by atoms with Gasteiger partial charge in [0, 0.05) is 24.5 Å². The number of carbonyl (C=O) groups excluding carboxylic acids is 1. The van der Waals surface area contributed by atoms with Crippen LogP contribution in [0.3, 0.4) is 0 Å². The molecule has 0 aliphatic carbocycles. The first-order valence-corrected chi connectivity index (χ1v) is 12.4. The second-order valence-electron chi connectivity index (χ2n) is 8.80. The zero-order valence-electron chi connectivity index (χ0n) is 18.8. The van der Waals surface area contributed by atoms with E-state index in [4.69, 9.17) is 0 Å². The van der Waals surface area contributed by atoms with Crippen molar-refractivity contribution < 1.29 is 13.2 Å². The van der Waals surface area contributed by atoms with Gasteiger partial charge < -0.3 is 10.2 Å². The lowest BCUT2D eigenvalue weighted by atomic mass is 10.0. The van der Waals surface area contributed by atoms with Gasteiger partial charge in [0.2, 0.25) is 15.9 Å². The van der Waals surface area contributed by atoms with Gasteiger partial charge in [-0.3, -0.25) is 4.79 Å². The number of hydrogen-bond donors (Lipinski definition) is 2. The fourth-order valence-electron chi connectivity index (χ4n) is 3.83. The molecule has 0 saturated carbocycles. The van der Waals surface area contributed by atoms with E-state index in [2.05, 4.69) is 21.0 Å². The first-order chi connectivity index (χ1) is 14.7. The minimum atomic E-state index is -3.80. The molecule has 1 aliphatic heterocycles. The van der Waals surface area contributed by atoms with Crippen molar-refractivity contribution in [2.45, 2.75) is 57.9 Å². The van der Waals surface area contributed by atoms with E-state index in [-0.39, 0.29) is 16.7 Å². The van der Waals surface area contributed by atoms with Gasteiger partial charge in [0.05, 0.1) is 4.90 Å². The van der Waals surface area contributed by atoms with Crippen molar-refractivity contribution in [1.82, 2.24) is 4.72 Å². The molecule has 0 bridgehead atoms. The van der Waals surface area contributed by atoms with Crippen LogP contribution in [0.1, 0.15) is 44.2 Å². The van der Waals surface area contributed by atoms with Gasteiger partial charge in [-0.15, -0.1) is 0 Å². The number of nitrogens with zero attached hydrogens (tertiary/aromatic N) is 1. The van der Waals surface area contributed by atoms with Crippen LogP contribution in [0.15, 0.2) is 47.4 Å². The molecule has 0 spiro atoms. The molecule has 0 radical (unpaired) electrons. The van der Waals surface area contributed by atoms with E-state index in [1.54, 1.807) is 24.3 Å². The highest BCUT2D eigenvalue weighted by molar-refractivity contribution is 7.89. The van der Waals surface area contributed by atoms with Crippen molar-refractivity contribution in [2.75, 3.05) is 23.3 Å². The summed E-state index contributed by atoms with van der Waals surface area (Å²) in [4.78, 5) is 15.6. The Balaban J connectivity index is 1.76. The number of amides is 1. The Morgan fingerprint density at radius 1 is 1.03 bits per heavy atom. The quantitative estimate of drug-likeness (QED) is 0.640. The highest BCUT2D eigenvalue weighted by Gasteiger charge is 2.27. The molecule has 1 aliphatic rings. The summed E-state index contributed by atoms with van der Waals surface area (Å²) in [6.07, 6.45) is 2.81. The van der Waals surface area contributed by atoms with Crippen LogP contribution in [0.25, 0.3) is 0 Å². The van der Waals surface area contributed by atoms with E-state index in [9.17, 15) is 13.2 Å².